The molecule has 5 radical (unpaired) electrons. The van der Waals surface area contributed by atoms with Crippen molar-refractivity contribution in [2.24, 2.45) is 0 Å². The van der Waals surface area contributed by atoms with Crippen LogP contribution in [0.25, 0.3) is 0 Å². The third kappa shape index (κ3) is 10.2. The third-order valence-corrected chi connectivity index (χ3v) is 1.79. The molecule has 0 saturated carbocycles. The molecule has 1 heterocycles. The Labute approximate surface area is 84.7 Å². The number of rotatable bonds is 0. The van der Waals surface area contributed by atoms with Gasteiger partial charge in [0, 0.05) is 0 Å². The molecule has 0 atom stereocenters. The smallest absolute Gasteiger partial charge is 0.00462 e. The van der Waals surface area contributed by atoms with E-state index in [0.717, 1.165) is 0 Å². The quantitative estimate of drug-likeness (QED) is 0.620. The maximum atomic E-state index is 3.40. The van der Waals surface area contributed by atoms with E-state index in [1.165, 1.54) is 45.2 Å². The predicted molar refractivity (Wildman–Crippen MR) is 58.2 cm³/mol. The molecular formula is C10H21ClN. The van der Waals surface area contributed by atoms with E-state index in [1.54, 1.807) is 0 Å². The molecule has 0 spiro atoms. The fourth-order valence-corrected chi connectivity index (χ4v) is 1.19. The first-order valence-electron chi connectivity index (χ1n) is 4.02. The van der Waals surface area contributed by atoms with Gasteiger partial charge in [0.25, 0.3) is 0 Å². The minimum absolute atomic E-state index is 0. The Morgan fingerprint density at radius 2 is 1.58 bits per heavy atom. The maximum Gasteiger partial charge on any atom is -0.00462 e. The highest BCUT2D eigenvalue weighted by Crippen LogP contribution is 2.04. The summed E-state index contributed by atoms with van der Waals surface area (Å²) in [6, 6.07) is 0. The summed E-state index contributed by atoms with van der Waals surface area (Å²) in [6.07, 6.45) is 9.18. The summed E-state index contributed by atoms with van der Waals surface area (Å²) in [5.74, 6) is 0. The zero-order valence-corrected chi connectivity index (χ0v) is 8.67. The first-order chi connectivity index (χ1) is 4.50. The summed E-state index contributed by atoms with van der Waals surface area (Å²) in [6.45, 7) is 2.42. The van der Waals surface area contributed by atoms with Crippen molar-refractivity contribution in [2.45, 2.75) is 32.1 Å². The summed E-state index contributed by atoms with van der Waals surface area (Å²) in [5, 5.41) is 3.40. The lowest BCUT2D eigenvalue weighted by atomic mass is 10.1. The molecule has 1 saturated heterocycles. The highest BCUT2D eigenvalue weighted by atomic mass is 35.5. The highest BCUT2D eigenvalue weighted by molar-refractivity contribution is 5.85. The van der Waals surface area contributed by atoms with Crippen LogP contribution in [0.3, 0.4) is 0 Å². The fourth-order valence-electron chi connectivity index (χ4n) is 1.19. The van der Waals surface area contributed by atoms with Crippen LogP contribution >= 0.6 is 12.4 Å². The average Bonchev–Trinajstić information content (AvgIpc) is 2.00. The maximum absolute atomic E-state index is 3.40. The first-order valence-corrected chi connectivity index (χ1v) is 4.02. The average molecular weight is 191 g/mol. The van der Waals surface area contributed by atoms with Gasteiger partial charge in [0.15, 0.2) is 0 Å². The van der Waals surface area contributed by atoms with Gasteiger partial charge in [-0.1, -0.05) is 34.1 Å². The van der Waals surface area contributed by atoms with Crippen LogP contribution in [-0.4, -0.2) is 13.1 Å². The van der Waals surface area contributed by atoms with Gasteiger partial charge in [-0.3, -0.25) is 0 Å². The summed E-state index contributed by atoms with van der Waals surface area (Å²) >= 11 is 0. The molecule has 0 bridgehead atoms. The van der Waals surface area contributed by atoms with Crippen LogP contribution in [0.2, 0.25) is 0 Å². The van der Waals surface area contributed by atoms with Gasteiger partial charge in [0.1, 0.15) is 0 Å². The first kappa shape index (κ1) is 18.1. The summed E-state index contributed by atoms with van der Waals surface area (Å²) in [7, 11) is 0. The molecule has 1 fully saturated rings. The Balaban J connectivity index is -0.000000270. The molecule has 1 N–H and O–H groups in total. The second-order valence-corrected chi connectivity index (χ2v) is 2.68. The minimum Gasteiger partial charge on any atom is -0.317 e. The standard InChI is InChI=1S/C8H16N.2CH2.ClH/c1-2-4-6-8-9-7-5-3-1;;;/h3,9H,1-2,4-8H2;2*1H2;1H. The SMILES string of the molecule is Cl.[CH2].[CH2].[CH]1CCCCCNCC1. The van der Waals surface area contributed by atoms with Crippen LogP contribution in [0.1, 0.15) is 32.1 Å². The molecule has 12 heavy (non-hydrogen) atoms. The van der Waals surface area contributed by atoms with Crippen molar-refractivity contribution in [1.29, 1.82) is 0 Å². The Bertz CT molecular complexity index is 38.3. The van der Waals surface area contributed by atoms with Gasteiger partial charge in [-0.05, 0) is 32.4 Å². The molecule has 0 aliphatic carbocycles. The van der Waals surface area contributed by atoms with E-state index in [4.69, 9.17) is 0 Å². The summed E-state index contributed by atoms with van der Waals surface area (Å²) in [5.41, 5.74) is 0. The molecule has 1 aliphatic heterocycles. The molecule has 0 unspecified atom stereocenters. The van der Waals surface area contributed by atoms with Gasteiger partial charge in [-0.2, -0.15) is 0 Å². The van der Waals surface area contributed by atoms with Gasteiger partial charge < -0.3 is 5.32 Å². The second kappa shape index (κ2) is 13.8. The van der Waals surface area contributed by atoms with E-state index in [1.807, 2.05) is 0 Å². The largest absolute Gasteiger partial charge is 0.317 e. The van der Waals surface area contributed by atoms with Crippen molar-refractivity contribution in [3.05, 3.63) is 21.3 Å². The van der Waals surface area contributed by atoms with E-state index in [2.05, 4.69) is 11.7 Å². The zero-order chi connectivity index (χ0) is 6.36. The van der Waals surface area contributed by atoms with Crippen molar-refractivity contribution in [1.82, 2.24) is 5.32 Å². The van der Waals surface area contributed by atoms with Crippen LogP contribution < -0.4 is 5.32 Å². The molecule has 1 aliphatic rings. The lowest BCUT2D eigenvalue weighted by molar-refractivity contribution is 0.633. The van der Waals surface area contributed by atoms with Crippen molar-refractivity contribution >= 4 is 12.4 Å². The van der Waals surface area contributed by atoms with Crippen molar-refractivity contribution in [3.8, 4) is 0 Å². The van der Waals surface area contributed by atoms with Crippen LogP contribution in [0.15, 0.2) is 0 Å². The van der Waals surface area contributed by atoms with Crippen LogP contribution in [-0.2, 0) is 0 Å². The Kier molecular flexibility index (Phi) is 20.9. The lowest BCUT2D eigenvalue weighted by Crippen LogP contribution is -2.15. The van der Waals surface area contributed by atoms with Crippen LogP contribution in [0.5, 0.6) is 0 Å². The van der Waals surface area contributed by atoms with E-state index in [9.17, 15) is 0 Å². The molecule has 0 aromatic heterocycles. The number of nitrogens with one attached hydrogen (secondary N) is 1. The van der Waals surface area contributed by atoms with Crippen molar-refractivity contribution in [2.75, 3.05) is 13.1 Å². The molecule has 2 heteroatoms. The number of hydrogen-bond acceptors (Lipinski definition) is 1. The Hall–Kier alpha value is 0.250. The monoisotopic (exact) mass is 190 g/mol. The minimum atomic E-state index is 0. The van der Waals surface area contributed by atoms with Gasteiger partial charge in [0.05, 0.1) is 0 Å². The lowest BCUT2D eigenvalue weighted by Gasteiger charge is -1.97. The second-order valence-electron chi connectivity index (χ2n) is 2.68. The third-order valence-electron chi connectivity index (χ3n) is 1.79. The van der Waals surface area contributed by atoms with Gasteiger partial charge in [-0.15, -0.1) is 12.4 Å². The summed E-state index contributed by atoms with van der Waals surface area (Å²) < 4.78 is 0. The summed E-state index contributed by atoms with van der Waals surface area (Å²) in [4.78, 5) is 0. The number of halogens is 1. The molecule has 1 rings (SSSR count). The van der Waals surface area contributed by atoms with E-state index in [-0.39, 0.29) is 27.3 Å². The van der Waals surface area contributed by atoms with Crippen LogP contribution in [0, 0.1) is 21.3 Å². The topological polar surface area (TPSA) is 12.0 Å². The molecule has 0 aromatic carbocycles. The Morgan fingerprint density at radius 1 is 0.833 bits per heavy atom. The molecule has 0 aromatic rings. The molecular weight excluding hydrogens is 170 g/mol. The molecule has 0 amide bonds. The predicted octanol–water partition coefficient (Wildman–Crippen LogP) is 2.82. The van der Waals surface area contributed by atoms with Crippen molar-refractivity contribution < 1.29 is 0 Å². The Morgan fingerprint density at radius 3 is 2.33 bits per heavy atom. The van der Waals surface area contributed by atoms with Gasteiger partial charge >= 0.3 is 0 Å². The zero-order valence-electron chi connectivity index (χ0n) is 7.85. The highest BCUT2D eigenvalue weighted by Gasteiger charge is 1.94. The van der Waals surface area contributed by atoms with Gasteiger partial charge in [-0.25, -0.2) is 0 Å². The van der Waals surface area contributed by atoms with Crippen LogP contribution in [0.4, 0.5) is 0 Å². The molecule has 1 nitrogen and oxygen atoms in total. The van der Waals surface area contributed by atoms with E-state index in [0.29, 0.717) is 0 Å². The normalized spacial score (nSPS) is 18.0. The fraction of sp³-hybridized carbons (Fsp3) is 0.700. The van der Waals surface area contributed by atoms with E-state index < -0.39 is 0 Å². The number of hydrogen-bond donors (Lipinski definition) is 1. The van der Waals surface area contributed by atoms with Gasteiger partial charge in [0.2, 0.25) is 0 Å². The van der Waals surface area contributed by atoms with E-state index >= 15 is 0 Å². The molecule has 73 valence electrons. The van der Waals surface area contributed by atoms with Crippen molar-refractivity contribution in [3.63, 3.8) is 0 Å².